The third-order valence-electron chi connectivity index (χ3n) is 4.28. The largest absolute Gasteiger partial charge is 0.489 e. The number of para-hydroxylation sites is 1. The molecule has 0 aliphatic carbocycles. The first-order chi connectivity index (χ1) is 12.3. The Hall–Kier alpha value is -2.80. The second-order valence-electron chi connectivity index (χ2n) is 6.16. The Labute approximate surface area is 146 Å². The molecule has 1 unspecified atom stereocenters. The maximum atomic E-state index is 6.05. The highest BCUT2D eigenvalue weighted by Gasteiger charge is 2.19. The van der Waals surface area contributed by atoms with E-state index >= 15 is 0 Å². The van der Waals surface area contributed by atoms with Crippen molar-refractivity contribution in [1.29, 1.82) is 0 Å². The minimum atomic E-state index is 0.163. The lowest BCUT2D eigenvalue weighted by molar-refractivity contribution is 0.170. The number of aromatic nitrogens is 5. The molecule has 0 amide bonds. The number of hydrogen-bond acceptors (Lipinski definition) is 6. The number of rotatable bonds is 5. The van der Waals surface area contributed by atoms with Crippen LogP contribution in [-0.4, -0.2) is 37.8 Å². The molecule has 3 heterocycles. The minimum absolute atomic E-state index is 0.163. The molecular weight excluding hydrogens is 316 g/mol. The Morgan fingerprint density at radius 1 is 1.20 bits per heavy atom. The van der Waals surface area contributed by atoms with Crippen LogP contribution in [0.1, 0.15) is 23.5 Å². The van der Waals surface area contributed by atoms with Crippen LogP contribution < -0.4 is 10.1 Å². The first-order valence-corrected chi connectivity index (χ1v) is 8.46. The van der Waals surface area contributed by atoms with Crippen LogP contribution in [0.25, 0.3) is 5.82 Å². The molecule has 0 fully saturated rings. The van der Waals surface area contributed by atoms with E-state index < -0.39 is 0 Å². The van der Waals surface area contributed by atoms with Gasteiger partial charge in [0.2, 0.25) is 0 Å². The Morgan fingerprint density at radius 2 is 2.12 bits per heavy atom. The molecule has 25 heavy (non-hydrogen) atoms. The SMILES string of the molecule is Cc1cccc(-n2nnnc2CNCC2CCc3ccccc3O2)n1. The van der Waals surface area contributed by atoms with Crippen LogP contribution >= 0.6 is 0 Å². The zero-order valence-corrected chi connectivity index (χ0v) is 14.1. The van der Waals surface area contributed by atoms with Crippen LogP contribution in [0.2, 0.25) is 0 Å². The van der Waals surface area contributed by atoms with Crippen molar-refractivity contribution in [2.75, 3.05) is 6.54 Å². The topological polar surface area (TPSA) is 77.8 Å². The zero-order chi connectivity index (χ0) is 17.1. The zero-order valence-electron chi connectivity index (χ0n) is 14.1. The molecule has 1 atom stereocenters. The summed E-state index contributed by atoms with van der Waals surface area (Å²) in [6.07, 6.45) is 2.22. The number of tetrazole rings is 1. The van der Waals surface area contributed by atoms with E-state index in [0.29, 0.717) is 6.54 Å². The van der Waals surface area contributed by atoms with E-state index in [1.54, 1.807) is 4.68 Å². The molecule has 0 radical (unpaired) electrons. The standard InChI is InChI=1S/C18H20N6O/c1-13-5-4-8-17(20-13)24-18(21-22-23-24)12-19-11-15-10-9-14-6-2-3-7-16(14)25-15/h2-8,15,19H,9-12H2,1H3. The maximum Gasteiger partial charge on any atom is 0.172 e. The third-order valence-corrected chi connectivity index (χ3v) is 4.28. The number of nitrogens with one attached hydrogen (secondary N) is 1. The molecule has 4 rings (SSSR count). The van der Waals surface area contributed by atoms with Crippen molar-refractivity contribution in [3.05, 3.63) is 59.5 Å². The summed E-state index contributed by atoms with van der Waals surface area (Å²) < 4.78 is 7.71. The van der Waals surface area contributed by atoms with E-state index in [1.807, 2.05) is 37.3 Å². The van der Waals surface area contributed by atoms with E-state index in [1.165, 1.54) is 5.56 Å². The first kappa shape index (κ1) is 15.7. The maximum absolute atomic E-state index is 6.05. The number of ether oxygens (including phenoxy) is 1. The predicted molar refractivity (Wildman–Crippen MR) is 92.6 cm³/mol. The van der Waals surface area contributed by atoms with Crippen LogP contribution in [0, 0.1) is 6.92 Å². The first-order valence-electron chi connectivity index (χ1n) is 8.46. The van der Waals surface area contributed by atoms with Crippen LogP contribution in [0.15, 0.2) is 42.5 Å². The minimum Gasteiger partial charge on any atom is -0.489 e. The summed E-state index contributed by atoms with van der Waals surface area (Å²) in [7, 11) is 0. The van der Waals surface area contributed by atoms with Gasteiger partial charge in [-0.15, -0.1) is 5.10 Å². The normalized spacial score (nSPS) is 16.3. The molecular formula is C18H20N6O. The lowest BCUT2D eigenvalue weighted by Crippen LogP contribution is -2.34. The monoisotopic (exact) mass is 336 g/mol. The molecule has 128 valence electrons. The molecule has 7 heteroatoms. The van der Waals surface area contributed by atoms with Crippen molar-refractivity contribution < 1.29 is 4.74 Å². The second-order valence-corrected chi connectivity index (χ2v) is 6.16. The Kier molecular flexibility index (Phi) is 4.39. The summed E-state index contributed by atoms with van der Waals surface area (Å²) >= 11 is 0. The van der Waals surface area contributed by atoms with Gasteiger partial charge in [-0.2, -0.15) is 4.68 Å². The molecule has 0 saturated carbocycles. The van der Waals surface area contributed by atoms with E-state index in [0.717, 1.165) is 42.5 Å². The molecule has 1 aliphatic heterocycles. The number of benzene rings is 1. The summed E-state index contributed by atoms with van der Waals surface area (Å²) in [4.78, 5) is 4.47. The van der Waals surface area contributed by atoms with Crippen molar-refractivity contribution >= 4 is 0 Å². The number of aryl methyl sites for hydroxylation is 2. The van der Waals surface area contributed by atoms with Crippen LogP contribution in [0.5, 0.6) is 5.75 Å². The fourth-order valence-corrected chi connectivity index (χ4v) is 3.01. The van der Waals surface area contributed by atoms with E-state index in [9.17, 15) is 0 Å². The highest BCUT2D eigenvalue weighted by molar-refractivity contribution is 5.35. The average Bonchev–Trinajstić information content (AvgIpc) is 3.10. The molecule has 3 aromatic rings. The summed E-state index contributed by atoms with van der Waals surface area (Å²) in [5.41, 5.74) is 2.22. The van der Waals surface area contributed by atoms with E-state index in [2.05, 4.69) is 38.0 Å². The summed E-state index contributed by atoms with van der Waals surface area (Å²) in [5, 5.41) is 15.3. The predicted octanol–water partition coefficient (Wildman–Crippen LogP) is 1.85. The van der Waals surface area contributed by atoms with E-state index in [-0.39, 0.29) is 6.10 Å². The van der Waals surface area contributed by atoms with Gasteiger partial charge in [-0.05, 0) is 54.0 Å². The molecule has 0 spiro atoms. The third kappa shape index (κ3) is 3.51. The Balaban J connectivity index is 1.37. The number of hydrogen-bond donors (Lipinski definition) is 1. The fraction of sp³-hybridized carbons (Fsp3) is 0.333. The molecule has 1 N–H and O–H groups in total. The van der Waals surface area contributed by atoms with Crippen LogP contribution in [0.4, 0.5) is 0 Å². The van der Waals surface area contributed by atoms with Gasteiger partial charge in [0.1, 0.15) is 11.9 Å². The van der Waals surface area contributed by atoms with Gasteiger partial charge in [-0.1, -0.05) is 24.3 Å². The summed E-state index contributed by atoms with van der Waals surface area (Å²) in [5.74, 6) is 2.45. The Bertz CT molecular complexity index is 862. The highest BCUT2D eigenvalue weighted by atomic mass is 16.5. The average molecular weight is 336 g/mol. The number of pyridine rings is 1. The molecule has 1 aliphatic rings. The van der Waals surface area contributed by atoms with Gasteiger partial charge >= 0.3 is 0 Å². The van der Waals surface area contributed by atoms with Crippen molar-refractivity contribution in [3.8, 4) is 11.6 Å². The fourth-order valence-electron chi connectivity index (χ4n) is 3.01. The second kappa shape index (κ2) is 6.98. The Morgan fingerprint density at radius 3 is 3.04 bits per heavy atom. The van der Waals surface area contributed by atoms with Gasteiger partial charge in [-0.25, -0.2) is 4.98 Å². The van der Waals surface area contributed by atoms with Crippen molar-refractivity contribution in [3.63, 3.8) is 0 Å². The van der Waals surface area contributed by atoms with Gasteiger partial charge in [0.05, 0.1) is 6.54 Å². The lowest BCUT2D eigenvalue weighted by Gasteiger charge is -2.26. The van der Waals surface area contributed by atoms with Gasteiger partial charge in [-0.3, -0.25) is 0 Å². The number of fused-ring (bicyclic) bond motifs is 1. The molecule has 2 aromatic heterocycles. The van der Waals surface area contributed by atoms with Gasteiger partial charge < -0.3 is 10.1 Å². The van der Waals surface area contributed by atoms with Gasteiger partial charge in [0.25, 0.3) is 0 Å². The molecule has 7 nitrogen and oxygen atoms in total. The van der Waals surface area contributed by atoms with Gasteiger partial charge in [0.15, 0.2) is 11.6 Å². The van der Waals surface area contributed by atoms with Crippen molar-refractivity contribution in [1.82, 2.24) is 30.5 Å². The van der Waals surface area contributed by atoms with Crippen LogP contribution in [0.3, 0.4) is 0 Å². The molecule has 0 bridgehead atoms. The highest BCUT2D eigenvalue weighted by Crippen LogP contribution is 2.26. The van der Waals surface area contributed by atoms with E-state index in [4.69, 9.17) is 4.74 Å². The lowest BCUT2D eigenvalue weighted by atomic mass is 10.0. The smallest absolute Gasteiger partial charge is 0.172 e. The van der Waals surface area contributed by atoms with Gasteiger partial charge in [0, 0.05) is 12.2 Å². The van der Waals surface area contributed by atoms with Crippen molar-refractivity contribution in [2.45, 2.75) is 32.4 Å². The summed E-state index contributed by atoms with van der Waals surface area (Å²) in [6, 6.07) is 14.0. The quantitative estimate of drug-likeness (QED) is 0.766. The summed E-state index contributed by atoms with van der Waals surface area (Å²) in [6.45, 7) is 3.26. The molecule has 0 saturated heterocycles. The number of nitrogens with zero attached hydrogens (tertiary/aromatic N) is 5. The van der Waals surface area contributed by atoms with Crippen LogP contribution in [-0.2, 0) is 13.0 Å². The molecule has 1 aromatic carbocycles. The van der Waals surface area contributed by atoms with Crippen molar-refractivity contribution in [2.24, 2.45) is 0 Å².